The van der Waals surface area contributed by atoms with Gasteiger partial charge in [0.15, 0.2) is 0 Å². The Balaban J connectivity index is 1.33. The molecule has 1 aliphatic rings. The van der Waals surface area contributed by atoms with Crippen LogP contribution in [0.4, 0.5) is 10.1 Å². The highest BCUT2D eigenvalue weighted by Crippen LogP contribution is 2.32. The fraction of sp³-hybridized carbons (Fsp3) is 0.194. The summed E-state index contributed by atoms with van der Waals surface area (Å²) in [6, 6.07) is 18.3. The van der Waals surface area contributed by atoms with Crippen molar-refractivity contribution in [1.82, 2.24) is 20.3 Å². The predicted molar refractivity (Wildman–Crippen MR) is 151 cm³/mol. The van der Waals surface area contributed by atoms with Gasteiger partial charge >= 0.3 is 0 Å². The average Bonchev–Trinajstić information content (AvgIpc) is 3.39. The summed E-state index contributed by atoms with van der Waals surface area (Å²) >= 11 is 0. The van der Waals surface area contributed by atoms with E-state index in [1.807, 2.05) is 48.8 Å². The van der Waals surface area contributed by atoms with Crippen LogP contribution in [0.5, 0.6) is 0 Å². The lowest BCUT2D eigenvalue weighted by atomic mass is 9.91. The number of rotatable bonds is 6. The molecule has 5 aromatic rings. The Kier molecular flexibility index (Phi) is 6.43. The van der Waals surface area contributed by atoms with Crippen molar-refractivity contribution in [3.8, 4) is 22.4 Å². The second kappa shape index (κ2) is 10.2. The summed E-state index contributed by atoms with van der Waals surface area (Å²) in [5.41, 5.74) is 13.1. The third-order valence-electron chi connectivity index (χ3n) is 7.38. The van der Waals surface area contributed by atoms with E-state index < -0.39 is 0 Å². The number of nitrogen functional groups attached to an aromatic ring is 1. The van der Waals surface area contributed by atoms with Crippen LogP contribution in [0.1, 0.15) is 29.7 Å². The number of hydrogen-bond donors (Lipinski definition) is 4. The molecule has 190 valence electrons. The van der Waals surface area contributed by atoms with Crippen LogP contribution in [-0.4, -0.2) is 33.8 Å². The van der Waals surface area contributed by atoms with Gasteiger partial charge in [-0.1, -0.05) is 30.3 Å². The van der Waals surface area contributed by atoms with Gasteiger partial charge in [-0.05, 0) is 79.7 Å². The van der Waals surface area contributed by atoms with E-state index in [1.165, 1.54) is 24.5 Å². The molecule has 0 unspecified atom stereocenters. The zero-order valence-corrected chi connectivity index (χ0v) is 21.0. The fourth-order valence-corrected chi connectivity index (χ4v) is 5.35. The lowest BCUT2D eigenvalue weighted by molar-refractivity contribution is 0.372. The number of fused-ring (bicyclic) bond motifs is 1. The van der Waals surface area contributed by atoms with Crippen molar-refractivity contribution in [1.29, 1.82) is 5.41 Å². The molecule has 0 bridgehead atoms. The van der Waals surface area contributed by atoms with E-state index >= 15 is 0 Å². The predicted octanol–water partition coefficient (Wildman–Crippen LogP) is 5.97. The summed E-state index contributed by atoms with van der Waals surface area (Å²) in [5, 5.41) is 13.3. The maximum atomic E-state index is 14.6. The van der Waals surface area contributed by atoms with E-state index in [9.17, 15) is 4.39 Å². The van der Waals surface area contributed by atoms with Crippen LogP contribution in [0.2, 0.25) is 0 Å². The van der Waals surface area contributed by atoms with Crippen molar-refractivity contribution in [3.05, 3.63) is 102 Å². The zero-order valence-electron chi connectivity index (χ0n) is 21.0. The highest BCUT2D eigenvalue weighted by atomic mass is 19.1. The van der Waals surface area contributed by atoms with Gasteiger partial charge < -0.3 is 16.0 Å². The summed E-state index contributed by atoms with van der Waals surface area (Å²) in [6.07, 6.45) is 8.69. The van der Waals surface area contributed by atoms with Crippen molar-refractivity contribution in [2.75, 3.05) is 18.8 Å². The van der Waals surface area contributed by atoms with E-state index in [0.717, 1.165) is 47.2 Å². The first-order valence-electron chi connectivity index (χ1n) is 12.9. The smallest absolute Gasteiger partial charge is 0.131 e. The van der Waals surface area contributed by atoms with Crippen LogP contribution in [0.15, 0.2) is 79.3 Å². The summed E-state index contributed by atoms with van der Waals surface area (Å²) < 4.78 is 14.6. The number of nitrogens with one attached hydrogen (secondary N) is 3. The molecule has 6 rings (SSSR count). The molecule has 0 saturated carbocycles. The molecule has 7 heteroatoms. The Morgan fingerprint density at radius 1 is 0.974 bits per heavy atom. The molecule has 2 aromatic carbocycles. The van der Waals surface area contributed by atoms with Crippen LogP contribution in [0.3, 0.4) is 0 Å². The Labute approximate surface area is 220 Å². The first-order chi connectivity index (χ1) is 18.6. The third-order valence-corrected chi connectivity index (χ3v) is 7.38. The van der Waals surface area contributed by atoms with Gasteiger partial charge in [0.2, 0.25) is 0 Å². The minimum atomic E-state index is -0.281. The molecule has 1 aliphatic heterocycles. The average molecular weight is 505 g/mol. The number of nitrogens with two attached hydrogens (primary N) is 1. The number of aromatic amines is 1. The van der Waals surface area contributed by atoms with E-state index in [0.29, 0.717) is 28.4 Å². The summed E-state index contributed by atoms with van der Waals surface area (Å²) in [5.74, 6) is 0.379. The van der Waals surface area contributed by atoms with Gasteiger partial charge in [-0.15, -0.1) is 0 Å². The van der Waals surface area contributed by atoms with Crippen molar-refractivity contribution >= 4 is 22.3 Å². The number of anilines is 1. The monoisotopic (exact) mass is 504 g/mol. The second-order valence-electron chi connectivity index (χ2n) is 9.94. The van der Waals surface area contributed by atoms with Gasteiger partial charge in [-0.3, -0.25) is 15.4 Å². The van der Waals surface area contributed by atoms with E-state index in [2.05, 4.69) is 26.3 Å². The molecule has 1 fully saturated rings. The van der Waals surface area contributed by atoms with E-state index in [-0.39, 0.29) is 11.5 Å². The Morgan fingerprint density at radius 2 is 1.79 bits per heavy atom. The van der Waals surface area contributed by atoms with E-state index in [4.69, 9.17) is 11.1 Å². The molecule has 0 amide bonds. The van der Waals surface area contributed by atoms with Gasteiger partial charge in [0.05, 0.1) is 29.0 Å². The minimum absolute atomic E-state index is 0.251. The van der Waals surface area contributed by atoms with Crippen molar-refractivity contribution < 1.29 is 4.39 Å². The Morgan fingerprint density at radius 3 is 2.63 bits per heavy atom. The SMILES string of the molecule is N=C(c1cc2c(-c3ccccc3F)cccc2[nH]1)c1cc(-c2cncc(CC3CCNCC3)c2)ncc1N. The molecule has 0 radical (unpaired) electrons. The zero-order chi connectivity index (χ0) is 26.1. The number of benzene rings is 2. The minimum Gasteiger partial charge on any atom is -0.397 e. The van der Waals surface area contributed by atoms with Crippen LogP contribution in [-0.2, 0) is 6.42 Å². The Hall–Kier alpha value is -4.36. The number of halogens is 1. The van der Waals surface area contributed by atoms with Crippen LogP contribution < -0.4 is 11.1 Å². The fourth-order valence-electron chi connectivity index (χ4n) is 5.35. The molecule has 0 spiro atoms. The van der Waals surface area contributed by atoms with Crippen LogP contribution >= 0.6 is 0 Å². The Bertz CT molecular complexity index is 1630. The number of piperidine rings is 1. The maximum Gasteiger partial charge on any atom is 0.131 e. The molecule has 38 heavy (non-hydrogen) atoms. The van der Waals surface area contributed by atoms with Crippen molar-refractivity contribution in [2.45, 2.75) is 19.3 Å². The van der Waals surface area contributed by atoms with Crippen LogP contribution in [0.25, 0.3) is 33.3 Å². The highest BCUT2D eigenvalue weighted by molar-refractivity contribution is 6.15. The first-order valence-corrected chi connectivity index (χ1v) is 12.9. The number of hydrogen-bond acceptors (Lipinski definition) is 5. The topological polar surface area (TPSA) is 103 Å². The molecular formula is C31H29FN6. The lowest BCUT2D eigenvalue weighted by Gasteiger charge is -2.22. The van der Waals surface area contributed by atoms with Crippen molar-refractivity contribution in [2.24, 2.45) is 5.92 Å². The number of nitrogens with zero attached hydrogens (tertiary/aromatic N) is 2. The van der Waals surface area contributed by atoms with Gasteiger partial charge in [-0.2, -0.15) is 0 Å². The largest absolute Gasteiger partial charge is 0.397 e. The van der Waals surface area contributed by atoms with Gasteiger partial charge in [-0.25, -0.2) is 4.39 Å². The van der Waals surface area contributed by atoms with Gasteiger partial charge in [0.25, 0.3) is 0 Å². The molecule has 0 atom stereocenters. The molecule has 5 N–H and O–H groups in total. The van der Waals surface area contributed by atoms with Crippen LogP contribution in [0, 0.1) is 17.1 Å². The quantitative estimate of drug-likeness (QED) is 0.214. The second-order valence-corrected chi connectivity index (χ2v) is 9.94. The van der Waals surface area contributed by atoms with Gasteiger partial charge in [0, 0.05) is 40.0 Å². The normalized spacial score (nSPS) is 14.1. The molecule has 1 saturated heterocycles. The van der Waals surface area contributed by atoms with Crippen molar-refractivity contribution in [3.63, 3.8) is 0 Å². The number of pyridine rings is 2. The highest BCUT2D eigenvalue weighted by Gasteiger charge is 2.18. The molecule has 0 aliphatic carbocycles. The first kappa shape index (κ1) is 24.0. The summed E-state index contributed by atoms with van der Waals surface area (Å²) in [6.45, 7) is 2.14. The van der Waals surface area contributed by atoms with Gasteiger partial charge in [0.1, 0.15) is 5.82 Å². The summed E-state index contributed by atoms with van der Waals surface area (Å²) in [7, 11) is 0. The molecular weight excluding hydrogens is 475 g/mol. The van der Waals surface area contributed by atoms with E-state index in [1.54, 1.807) is 18.3 Å². The molecule has 6 nitrogen and oxygen atoms in total. The molecule has 4 heterocycles. The lowest BCUT2D eigenvalue weighted by Crippen LogP contribution is -2.28. The number of H-pyrrole nitrogens is 1. The standard InChI is InChI=1S/C31H29FN6/c32-26-6-2-1-4-23(26)22-5-3-7-28-24(22)14-30(38-28)31(34)25-15-29(37-18-27(25)33)21-13-20(16-36-17-21)12-19-8-10-35-11-9-19/h1-7,13-19,34-35,38H,8-12,33H2. The number of aromatic nitrogens is 3. The maximum absolute atomic E-state index is 14.6. The summed E-state index contributed by atoms with van der Waals surface area (Å²) in [4.78, 5) is 12.4. The third kappa shape index (κ3) is 4.68. The molecule has 3 aromatic heterocycles.